The third-order valence-corrected chi connectivity index (χ3v) is 5.99. The van der Waals surface area contributed by atoms with Gasteiger partial charge in [-0.15, -0.1) is 0 Å². The predicted octanol–water partition coefficient (Wildman–Crippen LogP) is 2.77. The van der Waals surface area contributed by atoms with Gasteiger partial charge in [0.1, 0.15) is 24.5 Å². The molecule has 2 amide bonds. The molecular weight excluding hydrogens is 411 g/mol. The van der Waals surface area contributed by atoms with Gasteiger partial charge in [-0.2, -0.15) is 0 Å². The first kappa shape index (κ1) is 21.9. The van der Waals surface area contributed by atoms with Gasteiger partial charge in [-0.25, -0.2) is 4.39 Å². The summed E-state index contributed by atoms with van der Waals surface area (Å²) in [6.07, 6.45) is 0.475. The zero-order chi connectivity index (χ0) is 22.8. The van der Waals surface area contributed by atoms with Crippen molar-refractivity contribution in [2.75, 3.05) is 13.2 Å². The van der Waals surface area contributed by atoms with E-state index >= 15 is 0 Å². The van der Waals surface area contributed by atoms with Gasteiger partial charge in [0.25, 0.3) is 5.91 Å². The van der Waals surface area contributed by atoms with Crippen molar-refractivity contribution in [1.82, 2.24) is 10.2 Å². The van der Waals surface area contributed by atoms with Crippen molar-refractivity contribution in [3.8, 4) is 0 Å². The molecule has 0 saturated carbocycles. The summed E-state index contributed by atoms with van der Waals surface area (Å²) >= 11 is 0. The van der Waals surface area contributed by atoms with E-state index in [0.29, 0.717) is 24.1 Å². The summed E-state index contributed by atoms with van der Waals surface area (Å²) in [5.41, 5.74) is 2.91. The molecule has 4 rings (SSSR count). The number of fused-ring (bicyclic) bond motifs is 1. The molecule has 3 atom stereocenters. The van der Waals surface area contributed by atoms with Crippen molar-refractivity contribution in [3.63, 3.8) is 0 Å². The van der Waals surface area contributed by atoms with E-state index in [1.165, 1.54) is 17.0 Å². The summed E-state index contributed by atoms with van der Waals surface area (Å²) in [4.78, 5) is 40.1. The molecule has 2 aliphatic heterocycles. The van der Waals surface area contributed by atoms with Crippen LogP contribution in [-0.2, 0) is 20.7 Å². The van der Waals surface area contributed by atoms with Gasteiger partial charge in [0.2, 0.25) is 5.91 Å². The first-order chi connectivity index (χ1) is 15.3. The molecule has 2 aliphatic rings. The Balaban J connectivity index is 1.56. The van der Waals surface area contributed by atoms with Gasteiger partial charge in [-0.3, -0.25) is 14.4 Å². The Kier molecular flexibility index (Phi) is 6.19. The number of ketones is 1. The largest absolute Gasteiger partial charge is 0.368 e. The number of hydrogen-bond donors (Lipinski definition) is 1. The zero-order valence-electron chi connectivity index (χ0n) is 17.8. The van der Waals surface area contributed by atoms with E-state index in [1.54, 1.807) is 36.4 Å². The maximum atomic E-state index is 13.4. The molecule has 0 aliphatic carbocycles. The minimum Gasteiger partial charge on any atom is -0.368 e. The van der Waals surface area contributed by atoms with Crippen molar-refractivity contribution in [2.45, 2.75) is 38.0 Å². The van der Waals surface area contributed by atoms with Crippen LogP contribution in [0.5, 0.6) is 0 Å². The Hall–Kier alpha value is -3.32. The quantitative estimate of drug-likeness (QED) is 0.756. The second kappa shape index (κ2) is 9.04. The van der Waals surface area contributed by atoms with Crippen molar-refractivity contribution in [1.29, 1.82) is 0 Å². The van der Waals surface area contributed by atoms with Crippen LogP contribution in [0.1, 0.15) is 34.8 Å². The number of rotatable bonds is 6. The molecule has 32 heavy (non-hydrogen) atoms. The number of likely N-dealkylation sites (tertiary alicyclic amines) is 1. The molecule has 6 nitrogen and oxygen atoms in total. The summed E-state index contributed by atoms with van der Waals surface area (Å²) < 4.78 is 18.8. The number of hydrogen-bond acceptors (Lipinski definition) is 4. The molecule has 2 aromatic rings. The topological polar surface area (TPSA) is 75.7 Å². The number of amides is 2. The standard InChI is InChI=1S/C25H25FN2O4/c1-15(2)17-5-7-18(8-6-17)24(30)27-20(13-16-3-9-19(26)10-4-16)25(31)28-12-11-22-23(28)21(29)14-32-22/h3-10,20,22-23H,1,11-14H2,2H3,(H,27,30)/t20-,22+,23+/m0/s1. The van der Waals surface area contributed by atoms with E-state index in [2.05, 4.69) is 11.9 Å². The van der Waals surface area contributed by atoms with Crippen molar-refractivity contribution >= 4 is 23.2 Å². The first-order valence-corrected chi connectivity index (χ1v) is 10.6. The maximum Gasteiger partial charge on any atom is 0.251 e. The number of allylic oxidation sites excluding steroid dienone is 1. The summed E-state index contributed by atoms with van der Waals surface area (Å²) in [5, 5.41) is 2.82. The maximum absolute atomic E-state index is 13.4. The molecule has 2 aromatic carbocycles. The zero-order valence-corrected chi connectivity index (χ0v) is 17.8. The Morgan fingerprint density at radius 3 is 2.47 bits per heavy atom. The summed E-state index contributed by atoms with van der Waals surface area (Å²) in [6.45, 7) is 6.16. The van der Waals surface area contributed by atoms with Crippen molar-refractivity contribution < 1.29 is 23.5 Å². The lowest BCUT2D eigenvalue weighted by Gasteiger charge is -2.27. The summed E-state index contributed by atoms with van der Waals surface area (Å²) in [6, 6.07) is 11.2. The van der Waals surface area contributed by atoms with E-state index in [1.807, 2.05) is 6.92 Å². The second-order valence-electron chi connectivity index (χ2n) is 8.30. The fraction of sp³-hybridized carbons (Fsp3) is 0.320. The number of nitrogens with zero attached hydrogens (tertiary/aromatic N) is 1. The molecule has 0 aromatic heterocycles. The van der Waals surface area contributed by atoms with E-state index < -0.39 is 18.0 Å². The number of carbonyl (C=O) groups excluding carboxylic acids is 3. The van der Waals surface area contributed by atoms with Crippen LogP contribution < -0.4 is 5.32 Å². The number of Topliss-reactive ketones (excluding diaryl/α,β-unsaturated/α-hetero) is 1. The molecule has 0 spiro atoms. The fourth-order valence-corrected chi connectivity index (χ4v) is 4.25. The lowest BCUT2D eigenvalue weighted by molar-refractivity contribution is -0.138. The van der Waals surface area contributed by atoms with Crippen LogP contribution in [0.25, 0.3) is 5.57 Å². The Morgan fingerprint density at radius 1 is 1.16 bits per heavy atom. The van der Waals surface area contributed by atoms with E-state index in [0.717, 1.165) is 11.1 Å². The smallest absolute Gasteiger partial charge is 0.251 e. The molecule has 0 unspecified atom stereocenters. The average molecular weight is 436 g/mol. The second-order valence-corrected chi connectivity index (χ2v) is 8.30. The van der Waals surface area contributed by atoms with Crippen molar-refractivity contribution in [3.05, 3.63) is 77.6 Å². The van der Waals surface area contributed by atoms with E-state index in [9.17, 15) is 18.8 Å². The fourth-order valence-electron chi connectivity index (χ4n) is 4.25. The lowest BCUT2D eigenvalue weighted by atomic mass is 10.0. The minimum absolute atomic E-state index is 0.00314. The molecule has 2 fully saturated rings. The summed E-state index contributed by atoms with van der Waals surface area (Å²) in [7, 11) is 0. The molecule has 2 heterocycles. The molecule has 7 heteroatoms. The molecule has 2 saturated heterocycles. The van der Waals surface area contributed by atoms with Gasteiger partial charge < -0.3 is 15.0 Å². The molecule has 166 valence electrons. The Labute approximate surface area is 186 Å². The summed E-state index contributed by atoms with van der Waals surface area (Å²) in [5.74, 6) is -1.24. The van der Waals surface area contributed by atoms with Crippen LogP contribution in [0, 0.1) is 5.82 Å². The van der Waals surface area contributed by atoms with Crippen molar-refractivity contribution in [2.24, 2.45) is 0 Å². The van der Waals surface area contributed by atoms with Gasteiger partial charge in [0.05, 0.1) is 6.10 Å². The molecule has 0 radical (unpaired) electrons. The first-order valence-electron chi connectivity index (χ1n) is 10.6. The van der Waals surface area contributed by atoms with Gasteiger partial charge >= 0.3 is 0 Å². The predicted molar refractivity (Wildman–Crippen MR) is 117 cm³/mol. The van der Waals surface area contributed by atoms with Crippen LogP contribution in [0.3, 0.4) is 0 Å². The SMILES string of the molecule is C=C(C)c1ccc(C(=O)N[C@@H](Cc2ccc(F)cc2)C(=O)N2CC[C@H]3OCC(=O)[C@H]32)cc1. The highest BCUT2D eigenvalue weighted by Crippen LogP contribution is 2.28. The normalized spacial score (nSPS) is 20.7. The number of halogens is 1. The highest BCUT2D eigenvalue weighted by molar-refractivity contribution is 5.99. The van der Waals surface area contributed by atoms with Gasteiger partial charge in [0.15, 0.2) is 5.78 Å². The number of nitrogens with one attached hydrogen (secondary N) is 1. The molecule has 1 N–H and O–H groups in total. The van der Waals surface area contributed by atoms with Gasteiger partial charge in [0, 0.05) is 18.5 Å². The minimum atomic E-state index is -0.902. The van der Waals surface area contributed by atoms with Crippen LogP contribution in [0.2, 0.25) is 0 Å². The van der Waals surface area contributed by atoms with Crippen LogP contribution in [0.4, 0.5) is 4.39 Å². The highest BCUT2D eigenvalue weighted by atomic mass is 19.1. The van der Waals surface area contributed by atoms with E-state index in [4.69, 9.17) is 4.74 Å². The molecular formula is C25H25FN2O4. The lowest BCUT2D eigenvalue weighted by Crippen LogP contribution is -2.53. The molecule has 0 bridgehead atoms. The highest BCUT2D eigenvalue weighted by Gasteiger charge is 2.48. The average Bonchev–Trinajstić information content (AvgIpc) is 3.37. The Morgan fingerprint density at radius 2 is 1.81 bits per heavy atom. The van der Waals surface area contributed by atoms with Crippen LogP contribution in [0.15, 0.2) is 55.1 Å². The Bertz CT molecular complexity index is 1050. The third kappa shape index (κ3) is 4.48. The number of ether oxygens (including phenoxy) is 1. The monoisotopic (exact) mass is 436 g/mol. The van der Waals surface area contributed by atoms with E-state index in [-0.39, 0.29) is 36.6 Å². The van der Waals surface area contributed by atoms with Crippen LogP contribution in [-0.4, -0.2) is 53.8 Å². The van der Waals surface area contributed by atoms with Gasteiger partial charge in [-0.1, -0.05) is 36.4 Å². The number of carbonyl (C=O) groups is 3. The third-order valence-electron chi connectivity index (χ3n) is 5.99. The number of benzene rings is 2. The van der Waals surface area contributed by atoms with Crippen LogP contribution >= 0.6 is 0 Å². The van der Waals surface area contributed by atoms with Gasteiger partial charge in [-0.05, 0) is 48.7 Å².